The molecule has 94 valence electrons. The number of halogens is 1. The van der Waals surface area contributed by atoms with E-state index in [1.54, 1.807) is 6.92 Å². The van der Waals surface area contributed by atoms with Crippen LogP contribution in [0.3, 0.4) is 0 Å². The smallest absolute Gasteiger partial charge is 0.251 e. The van der Waals surface area contributed by atoms with Gasteiger partial charge in [-0.15, -0.1) is 0 Å². The van der Waals surface area contributed by atoms with E-state index in [2.05, 4.69) is 5.32 Å². The first-order valence-corrected chi connectivity index (χ1v) is 5.51. The fraction of sp³-hybridized carbons (Fsp3) is 0.417. The molecule has 0 saturated heterocycles. The van der Waals surface area contributed by atoms with Crippen molar-refractivity contribution < 1.29 is 14.3 Å². The highest BCUT2D eigenvalue weighted by molar-refractivity contribution is 5.95. The number of hydrogen-bond donors (Lipinski definition) is 3. The maximum Gasteiger partial charge on any atom is 0.251 e. The standard InChI is InChI=1S/C12H17FN2O2/c1-8-10(13)6-9(7-11(8)14)12(17)15-4-2-3-5-16/h6-7,16H,2-5,14H2,1H3,(H,15,17). The summed E-state index contributed by atoms with van der Waals surface area (Å²) < 4.78 is 13.4. The van der Waals surface area contributed by atoms with Gasteiger partial charge in [-0.3, -0.25) is 4.79 Å². The Morgan fingerprint density at radius 2 is 2.18 bits per heavy atom. The fourth-order valence-corrected chi connectivity index (χ4v) is 1.37. The number of rotatable bonds is 5. The van der Waals surface area contributed by atoms with Gasteiger partial charge in [-0.2, -0.15) is 0 Å². The fourth-order valence-electron chi connectivity index (χ4n) is 1.37. The van der Waals surface area contributed by atoms with Gasteiger partial charge in [0.1, 0.15) is 5.82 Å². The average Bonchev–Trinajstić information content (AvgIpc) is 2.30. The SMILES string of the molecule is Cc1c(N)cc(C(=O)NCCCCO)cc1F. The minimum atomic E-state index is -0.481. The third kappa shape index (κ3) is 3.71. The van der Waals surface area contributed by atoms with Crippen LogP contribution in [-0.2, 0) is 0 Å². The number of unbranched alkanes of at least 4 members (excludes halogenated alkanes) is 1. The normalized spacial score (nSPS) is 10.3. The number of aliphatic hydroxyl groups is 1. The monoisotopic (exact) mass is 240 g/mol. The predicted molar refractivity (Wildman–Crippen MR) is 64.2 cm³/mol. The molecule has 0 spiro atoms. The van der Waals surface area contributed by atoms with Crippen molar-refractivity contribution in [1.29, 1.82) is 0 Å². The Hall–Kier alpha value is -1.62. The van der Waals surface area contributed by atoms with E-state index < -0.39 is 5.82 Å². The summed E-state index contributed by atoms with van der Waals surface area (Å²) >= 11 is 0. The Kier molecular flexibility index (Phi) is 4.90. The number of carbonyl (C=O) groups is 1. The van der Waals surface area contributed by atoms with E-state index in [0.717, 1.165) is 0 Å². The molecule has 0 fully saturated rings. The van der Waals surface area contributed by atoms with Gasteiger partial charge in [0.2, 0.25) is 0 Å². The van der Waals surface area contributed by atoms with Crippen LogP contribution in [0.2, 0.25) is 0 Å². The lowest BCUT2D eigenvalue weighted by Crippen LogP contribution is -2.25. The lowest BCUT2D eigenvalue weighted by Gasteiger charge is -2.07. The van der Waals surface area contributed by atoms with Gasteiger partial charge >= 0.3 is 0 Å². The number of amides is 1. The molecular formula is C12H17FN2O2. The molecule has 0 aliphatic heterocycles. The minimum absolute atomic E-state index is 0.0992. The summed E-state index contributed by atoms with van der Waals surface area (Å²) in [4.78, 5) is 11.6. The molecule has 0 bridgehead atoms. The van der Waals surface area contributed by atoms with Crippen molar-refractivity contribution in [3.8, 4) is 0 Å². The van der Waals surface area contributed by atoms with Crippen LogP contribution in [0.5, 0.6) is 0 Å². The summed E-state index contributed by atoms with van der Waals surface area (Å²) in [5.74, 6) is -0.834. The number of anilines is 1. The van der Waals surface area contributed by atoms with Crippen LogP contribution < -0.4 is 11.1 Å². The highest BCUT2D eigenvalue weighted by atomic mass is 19.1. The summed E-state index contributed by atoms with van der Waals surface area (Å²) in [5, 5.41) is 11.2. The van der Waals surface area contributed by atoms with E-state index in [1.807, 2.05) is 0 Å². The van der Waals surface area contributed by atoms with Crippen LogP contribution >= 0.6 is 0 Å². The van der Waals surface area contributed by atoms with Gasteiger partial charge in [-0.25, -0.2) is 4.39 Å². The van der Waals surface area contributed by atoms with Crippen molar-refractivity contribution in [2.45, 2.75) is 19.8 Å². The zero-order valence-electron chi connectivity index (χ0n) is 9.79. The van der Waals surface area contributed by atoms with Crippen LogP contribution in [0.15, 0.2) is 12.1 Å². The molecule has 1 rings (SSSR count). The summed E-state index contributed by atoms with van der Waals surface area (Å²) in [5.41, 5.74) is 6.42. The molecule has 1 aromatic rings. The topological polar surface area (TPSA) is 75.4 Å². The van der Waals surface area contributed by atoms with Crippen LogP contribution in [0.25, 0.3) is 0 Å². The van der Waals surface area contributed by atoms with Crippen LogP contribution in [0, 0.1) is 12.7 Å². The van der Waals surface area contributed by atoms with E-state index in [-0.39, 0.29) is 23.8 Å². The molecule has 0 atom stereocenters. The average molecular weight is 240 g/mol. The zero-order valence-corrected chi connectivity index (χ0v) is 9.79. The second-order valence-corrected chi connectivity index (χ2v) is 3.86. The molecule has 0 aromatic heterocycles. The number of aliphatic hydroxyl groups excluding tert-OH is 1. The number of nitrogens with two attached hydrogens (primary N) is 1. The van der Waals surface area contributed by atoms with Gasteiger partial charge in [0, 0.05) is 30.0 Å². The first-order chi connectivity index (χ1) is 8.06. The summed E-state index contributed by atoms with van der Waals surface area (Å²) in [7, 11) is 0. The zero-order chi connectivity index (χ0) is 12.8. The van der Waals surface area contributed by atoms with Crippen molar-refractivity contribution >= 4 is 11.6 Å². The molecule has 1 amide bonds. The summed E-state index contributed by atoms with van der Waals surface area (Å²) in [6, 6.07) is 2.63. The number of benzene rings is 1. The lowest BCUT2D eigenvalue weighted by atomic mass is 10.1. The molecule has 0 unspecified atom stereocenters. The third-order valence-electron chi connectivity index (χ3n) is 2.52. The second-order valence-electron chi connectivity index (χ2n) is 3.86. The molecule has 4 N–H and O–H groups in total. The molecule has 1 aromatic carbocycles. The third-order valence-corrected chi connectivity index (χ3v) is 2.52. The Labute approximate surface area is 99.6 Å². The van der Waals surface area contributed by atoms with E-state index >= 15 is 0 Å². The van der Waals surface area contributed by atoms with Crippen molar-refractivity contribution in [3.63, 3.8) is 0 Å². The van der Waals surface area contributed by atoms with E-state index in [4.69, 9.17) is 10.8 Å². The minimum Gasteiger partial charge on any atom is -0.398 e. The van der Waals surface area contributed by atoms with Gasteiger partial charge in [0.25, 0.3) is 5.91 Å². The maximum atomic E-state index is 13.4. The highest BCUT2D eigenvalue weighted by Gasteiger charge is 2.10. The van der Waals surface area contributed by atoms with Crippen molar-refractivity contribution in [2.24, 2.45) is 0 Å². The second kappa shape index (κ2) is 6.20. The Morgan fingerprint density at radius 1 is 1.47 bits per heavy atom. The van der Waals surface area contributed by atoms with Crippen LogP contribution in [-0.4, -0.2) is 24.2 Å². The lowest BCUT2D eigenvalue weighted by molar-refractivity contribution is 0.0951. The largest absolute Gasteiger partial charge is 0.398 e. The molecule has 17 heavy (non-hydrogen) atoms. The van der Waals surface area contributed by atoms with Gasteiger partial charge in [-0.1, -0.05) is 0 Å². The van der Waals surface area contributed by atoms with Gasteiger partial charge in [-0.05, 0) is 31.9 Å². The molecular weight excluding hydrogens is 223 g/mol. The molecule has 0 aliphatic carbocycles. The van der Waals surface area contributed by atoms with Gasteiger partial charge in [0.15, 0.2) is 0 Å². The quantitative estimate of drug-likeness (QED) is 0.535. The van der Waals surface area contributed by atoms with Crippen LogP contribution in [0.1, 0.15) is 28.8 Å². The Bertz CT molecular complexity index is 384. The predicted octanol–water partition coefficient (Wildman–Crippen LogP) is 1.22. The molecule has 0 saturated carbocycles. The van der Waals surface area contributed by atoms with Gasteiger partial charge < -0.3 is 16.2 Å². The van der Waals surface area contributed by atoms with E-state index in [9.17, 15) is 9.18 Å². The molecule has 0 aliphatic rings. The highest BCUT2D eigenvalue weighted by Crippen LogP contribution is 2.17. The van der Waals surface area contributed by atoms with E-state index in [1.165, 1.54) is 12.1 Å². The molecule has 0 radical (unpaired) electrons. The number of hydrogen-bond acceptors (Lipinski definition) is 3. The van der Waals surface area contributed by atoms with Gasteiger partial charge in [0.05, 0.1) is 0 Å². The maximum absolute atomic E-state index is 13.4. The summed E-state index contributed by atoms with van der Waals surface area (Å²) in [6.45, 7) is 2.12. The Balaban J connectivity index is 2.63. The molecule has 0 heterocycles. The Morgan fingerprint density at radius 3 is 2.76 bits per heavy atom. The number of nitrogen functional groups attached to an aromatic ring is 1. The van der Waals surface area contributed by atoms with E-state index in [0.29, 0.717) is 24.9 Å². The number of carbonyl (C=O) groups excluding carboxylic acids is 1. The molecule has 5 heteroatoms. The molecule has 4 nitrogen and oxygen atoms in total. The first kappa shape index (κ1) is 13.4. The van der Waals surface area contributed by atoms with Crippen molar-refractivity contribution in [1.82, 2.24) is 5.32 Å². The summed E-state index contributed by atoms with van der Waals surface area (Å²) in [6.07, 6.45) is 1.32. The van der Waals surface area contributed by atoms with Crippen molar-refractivity contribution in [3.05, 3.63) is 29.1 Å². The first-order valence-electron chi connectivity index (χ1n) is 5.51. The number of nitrogens with one attached hydrogen (secondary N) is 1. The van der Waals surface area contributed by atoms with Crippen molar-refractivity contribution in [2.75, 3.05) is 18.9 Å². The van der Waals surface area contributed by atoms with Crippen LogP contribution in [0.4, 0.5) is 10.1 Å².